The zero-order valence-electron chi connectivity index (χ0n) is 12.4. The number of carbonyl (C=O) groups is 1. The van der Waals surface area contributed by atoms with Gasteiger partial charge in [0.05, 0.1) is 0 Å². The molecular formula is C18H19NO3. The Bertz CT molecular complexity index is 638. The second-order valence-corrected chi connectivity index (χ2v) is 5.06. The highest BCUT2D eigenvalue weighted by atomic mass is 16.5. The molecule has 0 heterocycles. The Kier molecular flexibility index (Phi) is 5.74. The lowest BCUT2D eigenvalue weighted by Gasteiger charge is -2.07. The van der Waals surface area contributed by atoms with Gasteiger partial charge in [-0.1, -0.05) is 49.4 Å². The highest BCUT2D eigenvalue weighted by molar-refractivity contribution is 5.75. The number of hydroxylamine groups is 1. The highest BCUT2D eigenvalue weighted by Gasteiger charge is 2.04. The van der Waals surface area contributed by atoms with Crippen LogP contribution in [0.2, 0.25) is 0 Å². The van der Waals surface area contributed by atoms with Crippen molar-refractivity contribution in [3.8, 4) is 11.5 Å². The van der Waals surface area contributed by atoms with Crippen LogP contribution >= 0.6 is 0 Å². The van der Waals surface area contributed by atoms with Crippen molar-refractivity contribution in [2.45, 2.75) is 13.3 Å². The Morgan fingerprint density at radius 3 is 2.64 bits per heavy atom. The van der Waals surface area contributed by atoms with E-state index in [0.717, 1.165) is 17.1 Å². The first-order valence-corrected chi connectivity index (χ1v) is 7.11. The van der Waals surface area contributed by atoms with E-state index in [9.17, 15) is 4.79 Å². The Morgan fingerprint density at radius 2 is 1.91 bits per heavy atom. The fourth-order valence-electron chi connectivity index (χ4n) is 1.99. The normalized spacial score (nSPS) is 12.1. The van der Waals surface area contributed by atoms with Crippen LogP contribution in [0.4, 0.5) is 0 Å². The average Bonchev–Trinajstić information content (AvgIpc) is 2.54. The number of nitrogens with one attached hydrogen (secondary N) is 1. The number of amides is 1. The summed E-state index contributed by atoms with van der Waals surface area (Å²) < 4.78 is 5.78. The molecule has 0 aromatic heterocycles. The summed E-state index contributed by atoms with van der Waals surface area (Å²) in [5.41, 5.74) is 2.63. The van der Waals surface area contributed by atoms with Gasteiger partial charge < -0.3 is 4.74 Å². The molecule has 114 valence electrons. The molecule has 2 rings (SSSR count). The molecule has 2 N–H and O–H groups in total. The van der Waals surface area contributed by atoms with Gasteiger partial charge in [0.1, 0.15) is 11.5 Å². The lowest BCUT2D eigenvalue weighted by atomic mass is 10.1. The molecule has 0 bridgehead atoms. The van der Waals surface area contributed by atoms with E-state index in [1.165, 1.54) is 0 Å². The Balaban J connectivity index is 2.00. The number of allylic oxidation sites excluding steroid dienone is 1. The number of rotatable bonds is 6. The van der Waals surface area contributed by atoms with Crippen LogP contribution in [0.15, 0.2) is 60.7 Å². The molecule has 0 saturated carbocycles. The van der Waals surface area contributed by atoms with Gasteiger partial charge in [0.25, 0.3) is 0 Å². The number of benzene rings is 2. The zero-order chi connectivity index (χ0) is 15.8. The SMILES string of the molecule is CC(C=Cc1cccc(Oc2ccccc2)c1)CC(=O)NO. The summed E-state index contributed by atoms with van der Waals surface area (Å²) in [7, 11) is 0. The summed E-state index contributed by atoms with van der Waals surface area (Å²) in [6.45, 7) is 1.91. The first-order valence-electron chi connectivity index (χ1n) is 7.11. The van der Waals surface area contributed by atoms with Crippen molar-refractivity contribution in [1.82, 2.24) is 5.48 Å². The van der Waals surface area contributed by atoms with Gasteiger partial charge in [-0.05, 0) is 35.7 Å². The van der Waals surface area contributed by atoms with Gasteiger partial charge in [-0.3, -0.25) is 10.0 Å². The first-order chi connectivity index (χ1) is 10.7. The van der Waals surface area contributed by atoms with E-state index in [1.807, 2.05) is 73.7 Å². The maximum Gasteiger partial charge on any atom is 0.243 e. The third kappa shape index (κ3) is 5.07. The van der Waals surface area contributed by atoms with Crippen molar-refractivity contribution in [3.63, 3.8) is 0 Å². The quantitative estimate of drug-likeness (QED) is 0.625. The van der Waals surface area contributed by atoms with Crippen molar-refractivity contribution in [1.29, 1.82) is 0 Å². The third-order valence-electron chi connectivity index (χ3n) is 3.09. The molecule has 1 unspecified atom stereocenters. The maximum absolute atomic E-state index is 11.1. The fraction of sp³-hybridized carbons (Fsp3) is 0.167. The van der Waals surface area contributed by atoms with Crippen molar-refractivity contribution in [3.05, 3.63) is 66.2 Å². The van der Waals surface area contributed by atoms with Crippen LogP contribution in [0.5, 0.6) is 11.5 Å². The average molecular weight is 297 g/mol. The summed E-state index contributed by atoms with van der Waals surface area (Å²) in [5.74, 6) is 1.19. The number of ether oxygens (including phenoxy) is 1. The minimum absolute atomic E-state index is 0.0332. The Morgan fingerprint density at radius 1 is 1.18 bits per heavy atom. The van der Waals surface area contributed by atoms with Gasteiger partial charge in [-0.15, -0.1) is 0 Å². The topological polar surface area (TPSA) is 58.6 Å². The largest absolute Gasteiger partial charge is 0.457 e. The lowest BCUT2D eigenvalue weighted by Crippen LogP contribution is -2.20. The fourth-order valence-corrected chi connectivity index (χ4v) is 1.99. The van der Waals surface area contributed by atoms with Crippen LogP contribution in [0.3, 0.4) is 0 Å². The van der Waals surface area contributed by atoms with Gasteiger partial charge in [-0.25, -0.2) is 5.48 Å². The van der Waals surface area contributed by atoms with E-state index in [-0.39, 0.29) is 12.3 Å². The van der Waals surface area contributed by atoms with E-state index < -0.39 is 5.91 Å². The van der Waals surface area contributed by atoms with Gasteiger partial charge in [0.2, 0.25) is 5.91 Å². The van der Waals surface area contributed by atoms with Crippen LogP contribution in [0.1, 0.15) is 18.9 Å². The maximum atomic E-state index is 11.1. The summed E-state index contributed by atoms with van der Waals surface area (Å²) in [5, 5.41) is 8.51. The van der Waals surface area contributed by atoms with Crippen molar-refractivity contribution >= 4 is 12.0 Å². The molecule has 4 nitrogen and oxygen atoms in total. The van der Waals surface area contributed by atoms with Crippen LogP contribution in [0, 0.1) is 5.92 Å². The number of hydrogen-bond donors (Lipinski definition) is 2. The van der Waals surface area contributed by atoms with E-state index in [2.05, 4.69) is 0 Å². The molecular weight excluding hydrogens is 278 g/mol. The van der Waals surface area contributed by atoms with E-state index >= 15 is 0 Å². The lowest BCUT2D eigenvalue weighted by molar-refractivity contribution is -0.129. The molecule has 0 aliphatic heterocycles. The van der Waals surface area contributed by atoms with E-state index in [0.29, 0.717) is 0 Å². The molecule has 4 heteroatoms. The van der Waals surface area contributed by atoms with Gasteiger partial charge in [0, 0.05) is 6.42 Å². The monoisotopic (exact) mass is 297 g/mol. The van der Waals surface area contributed by atoms with Gasteiger partial charge in [-0.2, -0.15) is 0 Å². The molecule has 0 spiro atoms. The minimum Gasteiger partial charge on any atom is -0.457 e. The molecule has 2 aromatic rings. The standard InChI is InChI=1S/C18H19NO3/c1-14(12-18(20)19-21)10-11-15-6-5-9-17(13-15)22-16-7-3-2-4-8-16/h2-11,13-14,21H,12H2,1H3,(H,19,20). The van der Waals surface area contributed by atoms with Crippen LogP contribution in [-0.2, 0) is 4.79 Å². The molecule has 0 saturated heterocycles. The number of hydrogen-bond acceptors (Lipinski definition) is 3. The summed E-state index contributed by atoms with van der Waals surface area (Å²) in [6.07, 6.45) is 4.11. The van der Waals surface area contributed by atoms with Crippen molar-refractivity contribution < 1.29 is 14.7 Å². The summed E-state index contributed by atoms with van der Waals surface area (Å²) >= 11 is 0. The van der Waals surface area contributed by atoms with E-state index in [4.69, 9.17) is 9.94 Å². The summed E-state index contributed by atoms with van der Waals surface area (Å²) in [6, 6.07) is 17.3. The third-order valence-corrected chi connectivity index (χ3v) is 3.09. The van der Waals surface area contributed by atoms with Crippen molar-refractivity contribution in [2.75, 3.05) is 0 Å². The summed E-state index contributed by atoms with van der Waals surface area (Å²) in [4.78, 5) is 11.1. The molecule has 0 aliphatic carbocycles. The first kappa shape index (κ1) is 15.8. The molecule has 0 fully saturated rings. The smallest absolute Gasteiger partial charge is 0.243 e. The molecule has 0 radical (unpaired) electrons. The zero-order valence-corrected chi connectivity index (χ0v) is 12.4. The molecule has 2 aromatic carbocycles. The molecule has 22 heavy (non-hydrogen) atoms. The highest BCUT2D eigenvalue weighted by Crippen LogP contribution is 2.22. The predicted octanol–water partition coefficient (Wildman–Crippen LogP) is 4.02. The number of carbonyl (C=O) groups excluding carboxylic acids is 1. The van der Waals surface area contributed by atoms with Crippen LogP contribution in [0.25, 0.3) is 6.08 Å². The Hall–Kier alpha value is -2.59. The van der Waals surface area contributed by atoms with Gasteiger partial charge in [0.15, 0.2) is 0 Å². The van der Waals surface area contributed by atoms with Crippen LogP contribution < -0.4 is 10.2 Å². The van der Waals surface area contributed by atoms with Gasteiger partial charge >= 0.3 is 0 Å². The number of para-hydroxylation sites is 1. The van der Waals surface area contributed by atoms with Crippen LogP contribution in [-0.4, -0.2) is 11.1 Å². The predicted molar refractivity (Wildman–Crippen MR) is 85.7 cm³/mol. The molecule has 1 atom stereocenters. The molecule has 0 aliphatic rings. The van der Waals surface area contributed by atoms with Crippen molar-refractivity contribution in [2.24, 2.45) is 5.92 Å². The minimum atomic E-state index is -0.390. The second kappa shape index (κ2) is 8.00. The molecule has 1 amide bonds. The Labute approximate surface area is 130 Å². The van der Waals surface area contributed by atoms with E-state index in [1.54, 1.807) is 5.48 Å². The second-order valence-electron chi connectivity index (χ2n) is 5.06.